The lowest BCUT2D eigenvalue weighted by Gasteiger charge is -2.04. The molecule has 29 heavy (non-hydrogen) atoms. The highest BCUT2D eigenvalue weighted by atomic mass is 16.7. The van der Waals surface area contributed by atoms with Crippen molar-refractivity contribution in [2.24, 2.45) is 5.16 Å². The number of carbonyl (C=O) groups is 1. The third-order valence-corrected chi connectivity index (χ3v) is 4.14. The first kappa shape index (κ1) is 18.5. The van der Waals surface area contributed by atoms with Gasteiger partial charge in [-0.3, -0.25) is 0 Å². The average Bonchev–Trinajstić information content (AvgIpc) is 3.41. The second kappa shape index (κ2) is 8.47. The number of fused-ring (bicyclic) bond motifs is 1. The fourth-order valence-electron chi connectivity index (χ4n) is 2.65. The summed E-state index contributed by atoms with van der Waals surface area (Å²) in [5, 5.41) is 3.94. The summed E-state index contributed by atoms with van der Waals surface area (Å²) in [5.41, 5.74) is 2.29. The maximum absolute atomic E-state index is 11.8. The molecule has 4 rings (SSSR count). The van der Waals surface area contributed by atoms with E-state index >= 15 is 0 Å². The van der Waals surface area contributed by atoms with Crippen LogP contribution in [0.5, 0.6) is 11.5 Å². The molecule has 0 spiro atoms. The first-order valence-electron chi connectivity index (χ1n) is 8.91. The molecule has 2 heterocycles. The molecule has 2 aromatic carbocycles. The van der Waals surface area contributed by atoms with Gasteiger partial charge in [-0.25, -0.2) is 9.78 Å². The zero-order chi connectivity index (χ0) is 20.1. The van der Waals surface area contributed by atoms with E-state index in [2.05, 4.69) is 10.1 Å². The number of nitrogens with zero attached hydrogens (tertiary/aromatic N) is 2. The molecule has 8 heteroatoms. The van der Waals surface area contributed by atoms with E-state index in [-0.39, 0.29) is 20.0 Å². The van der Waals surface area contributed by atoms with Crippen molar-refractivity contribution in [3.63, 3.8) is 0 Å². The molecule has 1 aliphatic heterocycles. The summed E-state index contributed by atoms with van der Waals surface area (Å²) in [4.78, 5) is 21.0. The molecule has 148 valence electrons. The van der Waals surface area contributed by atoms with Crippen LogP contribution in [0.2, 0.25) is 0 Å². The molecular formula is C21H18N2O6. The SMILES string of the molecule is C/C(=N/OCC(=O)OCc1ncc(-c2ccccc2)o1)c1ccc2c(c1)OCO2. The average molecular weight is 394 g/mol. The summed E-state index contributed by atoms with van der Waals surface area (Å²) in [6.07, 6.45) is 1.59. The number of carbonyl (C=O) groups excluding carboxylic acids is 1. The number of ether oxygens (including phenoxy) is 3. The highest BCUT2D eigenvalue weighted by molar-refractivity contribution is 5.99. The van der Waals surface area contributed by atoms with Crippen molar-refractivity contribution in [3.05, 3.63) is 66.2 Å². The second-order valence-electron chi connectivity index (χ2n) is 6.16. The van der Waals surface area contributed by atoms with Gasteiger partial charge in [0.15, 0.2) is 23.9 Å². The molecular weight excluding hydrogens is 376 g/mol. The summed E-state index contributed by atoms with van der Waals surface area (Å²) in [5.74, 6) is 1.67. The minimum Gasteiger partial charge on any atom is -0.454 e. The number of hydrogen-bond donors (Lipinski definition) is 0. The number of esters is 1. The fraction of sp³-hybridized carbons (Fsp3) is 0.190. The van der Waals surface area contributed by atoms with Crippen LogP contribution in [0.15, 0.2) is 64.3 Å². The van der Waals surface area contributed by atoms with Crippen LogP contribution in [0.4, 0.5) is 0 Å². The van der Waals surface area contributed by atoms with Crippen molar-refractivity contribution in [1.29, 1.82) is 0 Å². The predicted octanol–water partition coefficient (Wildman–Crippen LogP) is 3.55. The molecule has 0 amide bonds. The molecule has 0 saturated heterocycles. The Labute approximate surface area is 166 Å². The van der Waals surface area contributed by atoms with Gasteiger partial charge < -0.3 is 23.5 Å². The summed E-state index contributed by atoms with van der Waals surface area (Å²) in [6.45, 7) is 1.56. The van der Waals surface area contributed by atoms with Gasteiger partial charge in [0.25, 0.3) is 0 Å². The molecule has 0 atom stereocenters. The van der Waals surface area contributed by atoms with Gasteiger partial charge >= 0.3 is 5.97 Å². The number of benzene rings is 2. The third-order valence-electron chi connectivity index (χ3n) is 4.14. The van der Waals surface area contributed by atoms with E-state index in [0.717, 1.165) is 11.1 Å². The first-order valence-corrected chi connectivity index (χ1v) is 8.91. The smallest absolute Gasteiger partial charge is 0.347 e. The highest BCUT2D eigenvalue weighted by Gasteiger charge is 2.14. The lowest BCUT2D eigenvalue weighted by molar-refractivity contribution is -0.150. The Kier molecular flexibility index (Phi) is 5.42. The Hall–Kier alpha value is -3.81. The van der Waals surface area contributed by atoms with Crippen LogP contribution < -0.4 is 9.47 Å². The van der Waals surface area contributed by atoms with Crippen LogP contribution in [-0.2, 0) is 21.0 Å². The predicted molar refractivity (Wildman–Crippen MR) is 102 cm³/mol. The topological polar surface area (TPSA) is 92.4 Å². The van der Waals surface area contributed by atoms with Crippen LogP contribution in [0.3, 0.4) is 0 Å². The Morgan fingerprint density at radius 2 is 1.97 bits per heavy atom. The van der Waals surface area contributed by atoms with Gasteiger partial charge in [0.1, 0.15) is 0 Å². The lowest BCUT2D eigenvalue weighted by atomic mass is 10.1. The molecule has 1 aromatic heterocycles. The van der Waals surface area contributed by atoms with Crippen LogP contribution in [0.1, 0.15) is 18.4 Å². The van der Waals surface area contributed by atoms with E-state index < -0.39 is 5.97 Å². The van der Waals surface area contributed by atoms with Crippen molar-refractivity contribution >= 4 is 11.7 Å². The quantitative estimate of drug-likeness (QED) is 0.344. The molecule has 8 nitrogen and oxygen atoms in total. The van der Waals surface area contributed by atoms with E-state index in [0.29, 0.717) is 28.9 Å². The number of rotatable bonds is 7. The van der Waals surface area contributed by atoms with Gasteiger partial charge in [0.2, 0.25) is 19.3 Å². The number of hydrogen-bond acceptors (Lipinski definition) is 8. The van der Waals surface area contributed by atoms with E-state index in [1.165, 1.54) is 0 Å². The minimum atomic E-state index is -0.577. The first-order chi connectivity index (χ1) is 14.2. The van der Waals surface area contributed by atoms with E-state index in [1.807, 2.05) is 36.4 Å². The largest absolute Gasteiger partial charge is 0.454 e. The fourth-order valence-corrected chi connectivity index (χ4v) is 2.65. The number of aromatic nitrogens is 1. The molecule has 0 aliphatic carbocycles. The maximum atomic E-state index is 11.8. The van der Waals surface area contributed by atoms with Gasteiger partial charge in [-0.05, 0) is 25.1 Å². The monoisotopic (exact) mass is 394 g/mol. The Balaban J connectivity index is 1.25. The van der Waals surface area contributed by atoms with Crippen molar-refractivity contribution in [2.45, 2.75) is 13.5 Å². The van der Waals surface area contributed by atoms with Crippen LogP contribution >= 0.6 is 0 Å². The highest BCUT2D eigenvalue weighted by Crippen LogP contribution is 2.32. The van der Waals surface area contributed by atoms with Gasteiger partial charge in [-0.1, -0.05) is 35.5 Å². The van der Waals surface area contributed by atoms with Crippen LogP contribution in [0, 0.1) is 0 Å². The molecule has 0 radical (unpaired) electrons. The van der Waals surface area contributed by atoms with Crippen molar-refractivity contribution in [1.82, 2.24) is 4.98 Å². The summed E-state index contributed by atoms with van der Waals surface area (Å²) < 4.78 is 21.3. The molecule has 0 saturated carbocycles. The number of oxime groups is 1. The Morgan fingerprint density at radius 3 is 2.83 bits per heavy atom. The summed E-state index contributed by atoms with van der Waals surface area (Å²) in [7, 11) is 0. The zero-order valence-corrected chi connectivity index (χ0v) is 15.7. The minimum absolute atomic E-state index is 0.0834. The zero-order valence-electron chi connectivity index (χ0n) is 15.7. The summed E-state index contributed by atoms with van der Waals surface area (Å²) >= 11 is 0. The normalized spacial score (nSPS) is 12.7. The van der Waals surface area contributed by atoms with Gasteiger partial charge in [0, 0.05) is 11.1 Å². The van der Waals surface area contributed by atoms with Gasteiger partial charge in [0.05, 0.1) is 11.9 Å². The Morgan fingerprint density at radius 1 is 1.14 bits per heavy atom. The molecule has 0 fully saturated rings. The second-order valence-corrected chi connectivity index (χ2v) is 6.16. The summed E-state index contributed by atoms with van der Waals surface area (Å²) in [6, 6.07) is 15.0. The van der Waals surface area contributed by atoms with Gasteiger partial charge in [-0.2, -0.15) is 0 Å². The maximum Gasteiger partial charge on any atom is 0.347 e. The molecule has 3 aromatic rings. The van der Waals surface area contributed by atoms with E-state index in [1.54, 1.807) is 25.3 Å². The molecule has 0 unspecified atom stereocenters. The molecule has 0 bridgehead atoms. The lowest BCUT2D eigenvalue weighted by Crippen LogP contribution is -2.11. The van der Waals surface area contributed by atoms with Crippen LogP contribution in [0.25, 0.3) is 11.3 Å². The van der Waals surface area contributed by atoms with Crippen molar-refractivity contribution in [2.75, 3.05) is 13.4 Å². The molecule has 0 N–H and O–H groups in total. The third kappa shape index (κ3) is 4.55. The van der Waals surface area contributed by atoms with Crippen molar-refractivity contribution < 1.29 is 28.3 Å². The van der Waals surface area contributed by atoms with Crippen LogP contribution in [-0.4, -0.2) is 30.1 Å². The number of oxazole rings is 1. The standard InChI is InChI=1S/C21H18N2O6/c1-14(16-7-8-17-18(9-16)27-13-26-17)23-28-12-21(24)25-11-20-22-10-19(29-20)15-5-3-2-4-6-15/h2-10H,11-13H2,1H3/b23-14-. The van der Waals surface area contributed by atoms with Gasteiger partial charge in [-0.15, -0.1) is 0 Å². The van der Waals surface area contributed by atoms with E-state index in [4.69, 9.17) is 23.5 Å². The Bertz CT molecular complexity index is 1030. The molecule has 1 aliphatic rings. The van der Waals surface area contributed by atoms with E-state index in [9.17, 15) is 4.79 Å². The van der Waals surface area contributed by atoms with Crippen molar-refractivity contribution in [3.8, 4) is 22.8 Å².